The zero-order valence-electron chi connectivity index (χ0n) is 15.0. The van der Waals surface area contributed by atoms with Gasteiger partial charge in [-0.3, -0.25) is 4.79 Å². The third kappa shape index (κ3) is 4.13. The number of hydrogen-bond acceptors (Lipinski definition) is 5. The van der Waals surface area contributed by atoms with Crippen molar-refractivity contribution < 1.29 is 21.6 Å². The predicted octanol–water partition coefficient (Wildman–Crippen LogP) is 2.55. The molecular weight excluding hydrogens is 374 g/mol. The fraction of sp³-hybridized carbons (Fsp3) is 0.278. The summed E-state index contributed by atoms with van der Waals surface area (Å²) in [4.78, 5) is 14.3. The Morgan fingerprint density at radius 1 is 0.846 bits per heavy atom. The maximum Gasteiger partial charge on any atom is 0.258 e. The van der Waals surface area contributed by atoms with E-state index < -0.39 is 24.9 Å². The van der Waals surface area contributed by atoms with Gasteiger partial charge in [0.1, 0.15) is 0 Å². The van der Waals surface area contributed by atoms with E-state index in [-0.39, 0.29) is 15.7 Å². The Labute approximate surface area is 154 Å². The molecule has 0 bridgehead atoms. The summed E-state index contributed by atoms with van der Waals surface area (Å²) < 4.78 is 47.3. The number of carbonyl (C=O) groups is 1. The lowest BCUT2D eigenvalue weighted by Crippen LogP contribution is -2.26. The first kappa shape index (κ1) is 20.1. The van der Waals surface area contributed by atoms with Crippen LogP contribution in [-0.2, 0) is 19.7 Å². The first-order valence-electron chi connectivity index (χ1n) is 7.86. The van der Waals surface area contributed by atoms with Gasteiger partial charge in [-0.1, -0.05) is 0 Å². The van der Waals surface area contributed by atoms with E-state index in [1.54, 1.807) is 33.0 Å². The van der Waals surface area contributed by atoms with E-state index in [4.69, 9.17) is 0 Å². The van der Waals surface area contributed by atoms with Crippen LogP contribution in [0.25, 0.3) is 0 Å². The number of hydrogen-bond donors (Lipinski definition) is 0. The van der Waals surface area contributed by atoms with Gasteiger partial charge in [0, 0.05) is 24.6 Å². The molecule has 8 heteroatoms. The highest BCUT2D eigenvalue weighted by Gasteiger charge is 2.20. The van der Waals surface area contributed by atoms with Crippen molar-refractivity contribution in [3.63, 3.8) is 0 Å². The van der Waals surface area contributed by atoms with Crippen LogP contribution >= 0.6 is 0 Å². The van der Waals surface area contributed by atoms with E-state index in [1.807, 2.05) is 0 Å². The predicted molar refractivity (Wildman–Crippen MR) is 101 cm³/mol. The Balaban J connectivity index is 2.26. The summed E-state index contributed by atoms with van der Waals surface area (Å²) in [5.41, 5.74) is 0.865. The third-order valence-corrected chi connectivity index (χ3v) is 7.31. The largest absolute Gasteiger partial charge is 0.311 e. The van der Waals surface area contributed by atoms with Gasteiger partial charge in [-0.2, -0.15) is 0 Å². The zero-order valence-corrected chi connectivity index (χ0v) is 16.6. The molecule has 0 heterocycles. The highest BCUT2D eigenvalue weighted by Crippen LogP contribution is 2.21. The van der Waals surface area contributed by atoms with Gasteiger partial charge in [0.05, 0.1) is 15.0 Å². The fourth-order valence-electron chi connectivity index (χ4n) is 2.29. The van der Waals surface area contributed by atoms with Crippen molar-refractivity contribution >= 4 is 31.3 Å². The Kier molecular flexibility index (Phi) is 5.58. The number of benzene rings is 2. The summed E-state index contributed by atoms with van der Waals surface area (Å²) in [6.07, 6.45) is 1.11. The van der Waals surface area contributed by atoms with Crippen LogP contribution in [0.4, 0.5) is 5.69 Å². The van der Waals surface area contributed by atoms with Gasteiger partial charge >= 0.3 is 0 Å². The first-order chi connectivity index (χ1) is 11.9. The van der Waals surface area contributed by atoms with Crippen LogP contribution in [-0.4, -0.2) is 41.3 Å². The van der Waals surface area contributed by atoms with Gasteiger partial charge < -0.3 is 4.90 Å². The molecule has 0 unspecified atom stereocenters. The molecule has 0 aliphatic heterocycles. The first-order valence-corrected chi connectivity index (χ1v) is 11.3. The molecule has 6 nitrogen and oxygen atoms in total. The minimum absolute atomic E-state index is 0.171. The molecule has 2 aromatic carbocycles. The Morgan fingerprint density at radius 2 is 1.31 bits per heavy atom. The number of anilines is 1. The monoisotopic (exact) mass is 395 g/mol. The minimum atomic E-state index is -3.39. The average Bonchev–Trinajstić information content (AvgIpc) is 2.59. The van der Waals surface area contributed by atoms with Crippen LogP contribution < -0.4 is 4.90 Å². The number of sulfone groups is 2. The highest BCUT2D eigenvalue weighted by molar-refractivity contribution is 7.92. The molecule has 26 heavy (non-hydrogen) atoms. The lowest BCUT2D eigenvalue weighted by atomic mass is 10.2. The van der Waals surface area contributed by atoms with Crippen LogP contribution in [0.2, 0.25) is 0 Å². The van der Waals surface area contributed by atoms with Crippen LogP contribution in [0.5, 0.6) is 0 Å². The second-order valence-corrected chi connectivity index (χ2v) is 10.8. The molecule has 0 fully saturated rings. The molecule has 0 aromatic heterocycles. The summed E-state index contributed by atoms with van der Waals surface area (Å²) in [7, 11) is -5.13. The van der Waals surface area contributed by atoms with Crippen LogP contribution in [0.1, 0.15) is 24.2 Å². The third-order valence-electron chi connectivity index (χ3n) is 4.01. The molecule has 0 saturated carbocycles. The summed E-state index contributed by atoms with van der Waals surface area (Å²) in [5, 5.41) is -0.542. The number of nitrogens with zero attached hydrogens (tertiary/aromatic N) is 1. The smallest absolute Gasteiger partial charge is 0.258 e. The molecule has 0 radical (unpaired) electrons. The van der Waals surface area contributed by atoms with Crippen LogP contribution in [0, 0.1) is 0 Å². The second-order valence-electron chi connectivity index (χ2n) is 6.25. The molecule has 2 aromatic rings. The van der Waals surface area contributed by atoms with Crippen molar-refractivity contribution in [1.82, 2.24) is 0 Å². The van der Waals surface area contributed by atoms with Gasteiger partial charge in [0.15, 0.2) is 19.7 Å². The van der Waals surface area contributed by atoms with Gasteiger partial charge in [-0.25, -0.2) is 16.8 Å². The van der Waals surface area contributed by atoms with Crippen molar-refractivity contribution in [2.24, 2.45) is 0 Å². The standard InChI is InChI=1S/C18H21NO5S2/c1-13(2)26(23,24)17-9-5-14(6-10-17)18(20)19(3)15-7-11-16(12-8-15)25(4,21)22/h5-13H,1-4H3. The average molecular weight is 396 g/mol. The molecular formula is C18H21NO5S2. The number of carbonyl (C=O) groups excluding carboxylic acids is 1. The second kappa shape index (κ2) is 7.20. The normalized spacial score (nSPS) is 12.2. The van der Waals surface area contributed by atoms with Gasteiger partial charge in [0.25, 0.3) is 5.91 Å². The number of rotatable bonds is 5. The lowest BCUT2D eigenvalue weighted by molar-refractivity contribution is 0.0993. The quantitative estimate of drug-likeness (QED) is 0.776. The molecule has 1 amide bonds. The van der Waals surface area contributed by atoms with E-state index in [0.717, 1.165) is 6.26 Å². The summed E-state index contributed by atoms with van der Waals surface area (Å²) >= 11 is 0. The van der Waals surface area contributed by atoms with E-state index in [0.29, 0.717) is 11.3 Å². The van der Waals surface area contributed by atoms with Crippen molar-refractivity contribution in [2.45, 2.75) is 28.9 Å². The van der Waals surface area contributed by atoms with Crippen molar-refractivity contribution in [1.29, 1.82) is 0 Å². The van der Waals surface area contributed by atoms with Gasteiger partial charge in [-0.15, -0.1) is 0 Å². The van der Waals surface area contributed by atoms with E-state index in [9.17, 15) is 21.6 Å². The van der Waals surface area contributed by atoms with Crippen molar-refractivity contribution in [2.75, 3.05) is 18.2 Å². The molecule has 0 N–H and O–H groups in total. The SMILES string of the molecule is CC(C)S(=O)(=O)c1ccc(C(=O)N(C)c2ccc(S(C)(=O)=O)cc2)cc1. The summed E-state index contributed by atoms with van der Waals surface area (Å²) in [5.74, 6) is -0.328. The van der Waals surface area contributed by atoms with Gasteiger partial charge in [-0.05, 0) is 62.4 Å². The van der Waals surface area contributed by atoms with E-state index in [2.05, 4.69) is 0 Å². The van der Waals surface area contributed by atoms with Crippen molar-refractivity contribution in [3.8, 4) is 0 Å². The molecule has 0 saturated heterocycles. The molecule has 140 valence electrons. The molecule has 0 atom stereocenters. The fourth-order valence-corrected chi connectivity index (χ4v) is 3.98. The molecule has 0 aliphatic rings. The summed E-state index contributed by atoms with van der Waals surface area (Å²) in [6.45, 7) is 3.20. The van der Waals surface area contributed by atoms with Crippen molar-refractivity contribution in [3.05, 3.63) is 54.1 Å². The van der Waals surface area contributed by atoms with E-state index in [1.165, 1.54) is 41.3 Å². The molecule has 0 spiro atoms. The molecule has 0 aliphatic carbocycles. The minimum Gasteiger partial charge on any atom is -0.311 e. The lowest BCUT2D eigenvalue weighted by Gasteiger charge is -2.18. The van der Waals surface area contributed by atoms with Crippen LogP contribution in [0.15, 0.2) is 58.3 Å². The van der Waals surface area contributed by atoms with Gasteiger partial charge in [0.2, 0.25) is 0 Å². The number of amides is 1. The zero-order chi connectivity index (χ0) is 19.7. The maximum atomic E-state index is 12.6. The maximum absolute atomic E-state index is 12.6. The van der Waals surface area contributed by atoms with E-state index >= 15 is 0 Å². The Morgan fingerprint density at radius 3 is 1.73 bits per heavy atom. The molecule has 2 rings (SSSR count). The van der Waals surface area contributed by atoms with Crippen LogP contribution in [0.3, 0.4) is 0 Å². The summed E-state index contributed by atoms with van der Waals surface area (Å²) in [6, 6.07) is 11.8. The topological polar surface area (TPSA) is 88.6 Å². The Hall–Kier alpha value is -2.19. The Bertz CT molecular complexity index is 1010. The highest BCUT2D eigenvalue weighted by atomic mass is 32.2.